The number of carbonyl (C=O) groups excluding carboxylic acids is 1. The van der Waals surface area contributed by atoms with Crippen LogP contribution in [0.4, 0.5) is 0 Å². The average molecular weight is 373 g/mol. The third-order valence-electron chi connectivity index (χ3n) is 4.34. The summed E-state index contributed by atoms with van der Waals surface area (Å²) in [5, 5.41) is 3.80. The Morgan fingerprint density at radius 1 is 0.964 bits per heavy atom. The number of carbonyl (C=O) groups is 1. The number of rotatable bonds is 6. The Hall–Kier alpha value is -3.67. The fraction of sp³-hybridized carbons (Fsp3) is 0.136. The Balaban J connectivity index is 1.57. The smallest absolute Gasteiger partial charge is 0.257 e. The molecule has 140 valence electrons. The van der Waals surface area contributed by atoms with E-state index in [0.29, 0.717) is 30.4 Å². The second kappa shape index (κ2) is 7.92. The number of aromatic nitrogens is 2. The van der Waals surface area contributed by atoms with Gasteiger partial charge in [0, 0.05) is 17.7 Å². The van der Waals surface area contributed by atoms with E-state index < -0.39 is 0 Å². The number of nitrogens with zero attached hydrogens (tertiary/aromatic N) is 3. The van der Waals surface area contributed by atoms with Gasteiger partial charge in [-0.1, -0.05) is 35.5 Å². The summed E-state index contributed by atoms with van der Waals surface area (Å²) in [5.74, 6) is 1.67. The molecule has 0 bridgehead atoms. The molecule has 2 heterocycles. The lowest BCUT2D eigenvalue weighted by molar-refractivity contribution is 0.0717. The summed E-state index contributed by atoms with van der Waals surface area (Å²) in [6.07, 6.45) is 1.61. The van der Waals surface area contributed by atoms with E-state index in [2.05, 4.69) is 10.1 Å². The SMILES string of the molecule is Cc1noc(-c2ccc(C(=O)N(Cc3ccccc3)Cc3ccco3)cc2)n1. The maximum absolute atomic E-state index is 13.2. The van der Waals surface area contributed by atoms with Crippen LogP contribution in [0, 0.1) is 6.92 Å². The van der Waals surface area contributed by atoms with E-state index in [1.807, 2.05) is 54.6 Å². The fourth-order valence-electron chi connectivity index (χ4n) is 2.95. The first kappa shape index (κ1) is 17.7. The second-order valence-electron chi connectivity index (χ2n) is 6.45. The van der Waals surface area contributed by atoms with E-state index in [1.54, 1.807) is 30.2 Å². The Kier molecular flexibility index (Phi) is 5.01. The van der Waals surface area contributed by atoms with Crippen LogP contribution in [0.1, 0.15) is 27.5 Å². The number of hydrogen-bond donors (Lipinski definition) is 0. The highest BCUT2D eigenvalue weighted by atomic mass is 16.5. The van der Waals surface area contributed by atoms with Gasteiger partial charge in [0.05, 0.1) is 12.8 Å². The van der Waals surface area contributed by atoms with Crippen molar-refractivity contribution < 1.29 is 13.7 Å². The maximum atomic E-state index is 13.2. The van der Waals surface area contributed by atoms with Gasteiger partial charge < -0.3 is 13.8 Å². The first-order chi connectivity index (χ1) is 13.7. The van der Waals surface area contributed by atoms with Crippen LogP contribution < -0.4 is 0 Å². The van der Waals surface area contributed by atoms with Crippen molar-refractivity contribution in [2.75, 3.05) is 0 Å². The van der Waals surface area contributed by atoms with E-state index in [1.165, 1.54) is 0 Å². The Bertz CT molecular complexity index is 1040. The van der Waals surface area contributed by atoms with Crippen LogP contribution in [0.3, 0.4) is 0 Å². The largest absolute Gasteiger partial charge is 0.467 e. The van der Waals surface area contributed by atoms with Gasteiger partial charge in [-0.25, -0.2) is 0 Å². The van der Waals surface area contributed by atoms with Gasteiger partial charge >= 0.3 is 0 Å². The predicted molar refractivity (Wildman–Crippen MR) is 103 cm³/mol. The molecule has 0 aliphatic carbocycles. The molecule has 6 heteroatoms. The average Bonchev–Trinajstić information content (AvgIpc) is 3.40. The minimum Gasteiger partial charge on any atom is -0.467 e. The van der Waals surface area contributed by atoms with Crippen molar-refractivity contribution in [2.24, 2.45) is 0 Å². The zero-order valence-electron chi connectivity index (χ0n) is 15.4. The zero-order valence-corrected chi connectivity index (χ0v) is 15.4. The van der Waals surface area contributed by atoms with E-state index in [0.717, 1.165) is 16.9 Å². The number of hydrogen-bond acceptors (Lipinski definition) is 5. The number of benzene rings is 2. The summed E-state index contributed by atoms with van der Waals surface area (Å²) in [6.45, 7) is 2.65. The first-order valence-corrected chi connectivity index (χ1v) is 8.95. The van der Waals surface area contributed by atoms with Gasteiger partial charge in [0.2, 0.25) is 0 Å². The molecule has 0 aliphatic heterocycles. The third-order valence-corrected chi connectivity index (χ3v) is 4.34. The van der Waals surface area contributed by atoms with Gasteiger partial charge in [-0.2, -0.15) is 4.98 Å². The van der Waals surface area contributed by atoms with E-state index in [4.69, 9.17) is 8.94 Å². The molecule has 0 atom stereocenters. The van der Waals surface area contributed by atoms with Gasteiger partial charge in [0.1, 0.15) is 5.76 Å². The molecule has 1 amide bonds. The van der Waals surface area contributed by atoms with Crippen LogP contribution in [-0.4, -0.2) is 20.9 Å². The van der Waals surface area contributed by atoms with Gasteiger partial charge in [0.25, 0.3) is 11.8 Å². The molecule has 0 radical (unpaired) electrons. The summed E-state index contributed by atoms with van der Waals surface area (Å²) in [6, 6.07) is 20.8. The van der Waals surface area contributed by atoms with Crippen molar-refractivity contribution in [3.8, 4) is 11.5 Å². The molecule has 0 aliphatic rings. The summed E-state index contributed by atoms with van der Waals surface area (Å²) in [4.78, 5) is 19.1. The second-order valence-corrected chi connectivity index (χ2v) is 6.45. The standard InChI is InChI=1S/C22H19N3O3/c1-16-23-21(28-24-16)18-9-11-19(12-10-18)22(26)25(15-20-8-5-13-27-20)14-17-6-3-2-4-7-17/h2-13H,14-15H2,1H3. The molecular formula is C22H19N3O3. The Labute approximate surface area is 162 Å². The minimum atomic E-state index is -0.0755. The zero-order chi connectivity index (χ0) is 19.3. The molecule has 4 aromatic rings. The molecule has 0 unspecified atom stereocenters. The van der Waals surface area contributed by atoms with Crippen molar-refractivity contribution in [3.63, 3.8) is 0 Å². The Morgan fingerprint density at radius 2 is 1.75 bits per heavy atom. The lowest BCUT2D eigenvalue weighted by Gasteiger charge is -2.22. The van der Waals surface area contributed by atoms with E-state index >= 15 is 0 Å². The molecule has 4 rings (SSSR count). The van der Waals surface area contributed by atoms with Gasteiger partial charge in [-0.3, -0.25) is 4.79 Å². The topological polar surface area (TPSA) is 72.4 Å². The minimum absolute atomic E-state index is 0.0755. The molecule has 0 spiro atoms. The number of aryl methyl sites for hydroxylation is 1. The number of amides is 1. The van der Waals surface area contributed by atoms with Crippen molar-refractivity contribution in [1.82, 2.24) is 15.0 Å². The van der Waals surface area contributed by atoms with Crippen LogP contribution in [0.15, 0.2) is 81.9 Å². The fourth-order valence-corrected chi connectivity index (χ4v) is 2.95. The summed E-state index contributed by atoms with van der Waals surface area (Å²) < 4.78 is 10.6. The van der Waals surface area contributed by atoms with Crippen molar-refractivity contribution in [2.45, 2.75) is 20.0 Å². The van der Waals surface area contributed by atoms with Crippen molar-refractivity contribution in [1.29, 1.82) is 0 Å². The molecule has 0 N–H and O–H groups in total. The molecule has 0 saturated heterocycles. The van der Waals surface area contributed by atoms with Crippen molar-refractivity contribution in [3.05, 3.63) is 95.7 Å². The third kappa shape index (κ3) is 4.01. The molecule has 2 aromatic carbocycles. The molecule has 28 heavy (non-hydrogen) atoms. The van der Waals surface area contributed by atoms with Gasteiger partial charge in [-0.15, -0.1) is 0 Å². The molecule has 0 fully saturated rings. The first-order valence-electron chi connectivity index (χ1n) is 8.95. The lowest BCUT2D eigenvalue weighted by atomic mass is 10.1. The van der Waals surface area contributed by atoms with Gasteiger partial charge in [0.15, 0.2) is 5.82 Å². The van der Waals surface area contributed by atoms with Crippen LogP contribution in [0.25, 0.3) is 11.5 Å². The van der Waals surface area contributed by atoms with E-state index in [-0.39, 0.29) is 5.91 Å². The van der Waals surface area contributed by atoms with E-state index in [9.17, 15) is 4.79 Å². The highest BCUT2D eigenvalue weighted by Crippen LogP contribution is 2.20. The summed E-state index contributed by atoms with van der Waals surface area (Å²) in [7, 11) is 0. The van der Waals surface area contributed by atoms with Crippen LogP contribution in [0.5, 0.6) is 0 Å². The molecular weight excluding hydrogens is 354 g/mol. The van der Waals surface area contributed by atoms with Crippen LogP contribution in [-0.2, 0) is 13.1 Å². The van der Waals surface area contributed by atoms with Crippen molar-refractivity contribution >= 4 is 5.91 Å². The van der Waals surface area contributed by atoms with Crippen LogP contribution >= 0.6 is 0 Å². The highest BCUT2D eigenvalue weighted by molar-refractivity contribution is 5.94. The molecule has 0 saturated carbocycles. The normalized spacial score (nSPS) is 10.8. The molecule has 2 aromatic heterocycles. The molecule has 6 nitrogen and oxygen atoms in total. The Morgan fingerprint density at radius 3 is 2.39 bits per heavy atom. The maximum Gasteiger partial charge on any atom is 0.257 e. The lowest BCUT2D eigenvalue weighted by Crippen LogP contribution is -2.30. The van der Waals surface area contributed by atoms with Crippen LogP contribution in [0.2, 0.25) is 0 Å². The quantitative estimate of drug-likeness (QED) is 0.498. The summed E-state index contributed by atoms with van der Waals surface area (Å²) in [5.41, 5.74) is 2.42. The highest BCUT2D eigenvalue weighted by Gasteiger charge is 2.18. The van der Waals surface area contributed by atoms with Gasteiger partial charge in [-0.05, 0) is 48.9 Å². The monoisotopic (exact) mass is 373 g/mol. The summed E-state index contributed by atoms with van der Waals surface area (Å²) >= 11 is 0. The predicted octanol–water partition coefficient (Wildman–Crippen LogP) is 4.48. The number of furan rings is 1.